The zero-order valence-electron chi connectivity index (χ0n) is 15.4. The third-order valence-corrected chi connectivity index (χ3v) is 3.79. The molecule has 1 aromatic carbocycles. The van der Waals surface area contributed by atoms with Crippen molar-refractivity contribution in [2.45, 2.75) is 39.2 Å². The molecule has 2 aromatic rings. The lowest BCUT2D eigenvalue weighted by molar-refractivity contribution is 0.414. The van der Waals surface area contributed by atoms with Crippen LogP contribution in [0.4, 0.5) is 11.9 Å². The number of ether oxygens (including phenoxy) is 1. The van der Waals surface area contributed by atoms with Gasteiger partial charge in [-0.1, -0.05) is 32.9 Å². The lowest BCUT2D eigenvalue weighted by atomic mass is 10.0. The minimum atomic E-state index is 0.133. The Hall–Kier alpha value is -2.37. The van der Waals surface area contributed by atoms with Crippen LogP contribution in [0.5, 0.6) is 5.75 Å². The van der Waals surface area contributed by atoms with Crippen molar-refractivity contribution in [2.24, 2.45) is 0 Å². The quantitative estimate of drug-likeness (QED) is 0.837. The fourth-order valence-corrected chi connectivity index (χ4v) is 2.32. The Balaban J connectivity index is 2.28. The highest BCUT2D eigenvalue weighted by atomic mass is 16.5. The van der Waals surface area contributed by atoms with Crippen LogP contribution in [0.15, 0.2) is 24.3 Å². The van der Waals surface area contributed by atoms with E-state index in [2.05, 4.69) is 53.2 Å². The Kier molecular flexibility index (Phi) is 5.95. The molecule has 0 spiro atoms. The predicted octanol–water partition coefficient (Wildman–Crippen LogP) is 3.63. The summed E-state index contributed by atoms with van der Waals surface area (Å²) in [4.78, 5) is 15.5. The fraction of sp³-hybridized carbons (Fsp3) is 0.500. The molecule has 6 heteroatoms. The summed E-state index contributed by atoms with van der Waals surface area (Å²) in [7, 11) is 5.54. The van der Waals surface area contributed by atoms with E-state index >= 15 is 0 Å². The van der Waals surface area contributed by atoms with Gasteiger partial charge < -0.3 is 15.0 Å². The summed E-state index contributed by atoms with van der Waals surface area (Å²) in [6.07, 6.45) is 0.923. The Morgan fingerprint density at radius 1 is 1.08 bits per heavy atom. The first kappa shape index (κ1) is 18.0. The summed E-state index contributed by atoms with van der Waals surface area (Å²) in [6.45, 7) is 6.30. The van der Waals surface area contributed by atoms with Crippen LogP contribution < -0.4 is 15.0 Å². The van der Waals surface area contributed by atoms with Crippen molar-refractivity contribution in [2.75, 3.05) is 31.4 Å². The van der Waals surface area contributed by atoms with E-state index in [1.807, 2.05) is 31.1 Å². The smallest absolute Gasteiger partial charge is 0.229 e. The highest BCUT2D eigenvalue weighted by Gasteiger charge is 2.15. The normalized spacial score (nSPS) is 12.1. The Bertz CT molecular complexity index is 629. The predicted molar refractivity (Wildman–Crippen MR) is 97.9 cm³/mol. The van der Waals surface area contributed by atoms with Crippen molar-refractivity contribution >= 4 is 11.9 Å². The average molecular weight is 329 g/mol. The van der Waals surface area contributed by atoms with Gasteiger partial charge in [-0.3, -0.25) is 0 Å². The first-order valence-electron chi connectivity index (χ1n) is 8.28. The van der Waals surface area contributed by atoms with Gasteiger partial charge in [0.25, 0.3) is 0 Å². The number of benzene rings is 1. The number of hydrogen-bond acceptors (Lipinski definition) is 6. The molecule has 0 aliphatic heterocycles. The lowest BCUT2D eigenvalue weighted by Gasteiger charge is -2.20. The molecule has 1 aromatic heterocycles. The van der Waals surface area contributed by atoms with E-state index in [4.69, 9.17) is 4.74 Å². The van der Waals surface area contributed by atoms with E-state index in [9.17, 15) is 0 Å². The van der Waals surface area contributed by atoms with Gasteiger partial charge in [-0.2, -0.15) is 15.0 Å². The van der Waals surface area contributed by atoms with Gasteiger partial charge in [-0.15, -0.1) is 0 Å². The van der Waals surface area contributed by atoms with Crippen molar-refractivity contribution in [3.05, 3.63) is 35.7 Å². The number of rotatable bonds is 7. The summed E-state index contributed by atoms with van der Waals surface area (Å²) < 4.78 is 5.23. The number of methoxy groups -OCH3 is 1. The van der Waals surface area contributed by atoms with Gasteiger partial charge in [-0.05, 0) is 24.1 Å². The Morgan fingerprint density at radius 2 is 1.75 bits per heavy atom. The molecule has 1 unspecified atom stereocenters. The van der Waals surface area contributed by atoms with Gasteiger partial charge in [0.1, 0.15) is 11.6 Å². The molecular weight excluding hydrogens is 302 g/mol. The minimum Gasteiger partial charge on any atom is -0.497 e. The average Bonchev–Trinajstić information content (AvgIpc) is 2.59. The molecule has 130 valence electrons. The van der Waals surface area contributed by atoms with Gasteiger partial charge >= 0.3 is 0 Å². The van der Waals surface area contributed by atoms with E-state index in [0.29, 0.717) is 11.9 Å². The van der Waals surface area contributed by atoms with E-state index in [-0.39, 0.29) is 12.0 Å². The molecule has 2 rings (SSSR count). The molecule has 1 N–H and O–H groups in total. The fourth-order valence-electron chi connectivity index (χ4n) is 2.32. The van der Waals surface area contributed by atoms with E-state index in [1.165, 1.54) is 5.56 Å². The molecule has 0 aliphatic carbocycles. The first-order valence-corrected chi connectivity index (χ1v) is 8.28. The van der Waals surface area contributed by atoms with E-state index in [1.54, 1.807) is 7.11 Å². The third-order valence-electron chi connectivity index (χ3n) is 3.79. The highest BCUT2D eigenvalue weighted by Crippen LogP contribution is 2.24. The minimum absolute atomic E-state index is 0.133. The number of aromatic nitrogens is 3. The molecule has 0 amide bonds. The molecule has 24 heavy (non-hydrogen) atoms. The summed E-state index contributed by atoms with van der Waals surface area (Å²) in [5.74, 6) is 3.17. The summed E-state index contributed by atoms with van der Waals surface area (Å²) in [5, 5.41) is 3.44. The van der Waals surface area contributed by atoms with Crippen LogP contribution in [0, 0.1) is 0 Å². The van der Waals surface area contributed by atoms with Crippen LogP contribution in [-0.4, -0.2) is 36.2 Å². The lowest BCUT2D eigenvalue weighted by Crippen LogP contribution is -2.19. The summed E-state index contributed by atoms with van der Waals surface area (Å²) in [5.41, 5.74) is 1.18. The van der Waals surface area contributed by atoms with Crippen LogP contribution in [0.3, 0.4) is 0 Å². The highest BCUT2D eigenvalue weighted by molar-refractivity contribution is 5.39. The summed E-state index contributed by atoms with van der Waals surface area (Å²) in [6, 6.07) is 8.21. The number of hydrogen-bond donors (Lipinski definition) is 1. The van der Waals surface area contributed by atoms with Crippen LogP contribution in [-0.2, 0) is 0 Å². The topological polar surface area (TPSA) is 63.2 Å². The van der Waals surface area contributed by atoms with Crippen molar-refractivity contribution in [3.63, 3.8) is 0 Å². The maximum absolute atomic E-state index is 5.23. The molecule has 6 nitrogen and oxygen atoms in total. The maximum Gasteiger partial charge on any atom is 0.229 e. The summed E-state index contributed by atoms with van der Waals surface area (Å²) >= 11 is 0. The van der Waals surface area contributed by atoms with Crippen molar-refractivity contribution in [1.82, 2.24) is 15.0 Å². The van der Waals surface area contributed by atoms with Crippen LogP contribution in [0.1, 0.15) is 50.5 Å². The van der Waals surface area contributed by atoms with Crippen molar-refractivity contribution < 1.29 is 4.74 Å². The first-order chi connectivity index (χ1) is 11.4. The second kappa shape index (κ2) is 7.95. The molecule has 0 aliphatic rings. The molecule has 0 bridgehead atoms. The molecule has 1 heterocycles. The molecule has 1 atom stereocenters. The monoisotopic (exact) mass is 329 g/mol. The van der Waals surface area contributed by atoms with Crippen LogP contribution >= 0.6 is 0 Å². The molecule has 0 saturated heterocycles. The second-order valence-corrected chi connectivity index (χ2v) is 6.24. The van der Waals surface area contributed by atoms with Gasteiger partial charge in [0.05, 0.1) is 13.2 Å². The zero-order chi connectivity index (χ0) is 17.7. The number of nitrogens with zero attached hydrogens (tertiary/aromatic N) is 4. The van der Waals surface area contributed by atoms with Crippen LogP contribution in [0.2, 0.25) is 0 Å². The van der Waals surface area contributed by atoms with Crippen LogP contribution in [0.25, 0.3) is 0 Å². The van der Waals surface area contributed by atoms with E-state index in [0.717, 1.165) is 18.0 Å². The Morgan fingerprint density at radius 3 is 2.25 bits per heavy atom. The largest absolute Gasteiger partial charge is 0.497 e. The zero-order valence-corrected chi connectivity index (χ0v) is 15.4. The molecule has 0 saturated carbocycles. The standard InChI is InChI=1S/C18H27N5O/c1-7-15(13-8-10-14(24-6)11-9-13)19-17-20-16(12(2)3)21-18(22-17)23(4)5/h8-12,15H,7H2,1-6H3,(H,19,20,21,22). The SMILES string of the molecule is CCC(Nc1nc(C(C)C)nc(N(C)C)n1)c1ccc(OC)cc1. The molecule has 0 radical (unpaired) electrons. The van der Waals surface area contributed by atoms with Gasteiger partial charge in [0.2, 0.25) is 11.9 Å². The van der Waals surface area contributed by atoms with Gasteiger partial charge in [0, 0.05) is 20.0 Å². The van der Waals surface area contributed by atoms with Gasteiger partial charge in [-0.25, -0.2) is 0 Å². The van der Waals surface area contributed by atoms with Gasteiger partial charge in [0.15, 0.2) is 0 Å². The molecular formula is C18H27N5O. The number of anilines is 2. The van der Waals surface area contributed by atoms with Crippen molar-refractivity contribution in [1.29, 1.82) is 0 Å². The van der Waals surface area contributed by atoms with E-state index < -0.39 is 0 Å². The third kappa shape index (κ3) is 4.34. The molecule has 0 fully saturated rings. The Labute approximate surface area is 144 Å². The number of nitrogens with one attached hydrogen (secondary N) is 1. The second-order valence-electron chi connectivity index (χ2n) is 6.24. The maximum atomic E-state index is 5.23. The van der Waals surface area contributed by atoms with Crippen molar-refractivity contribution in [3.8, 4) is 5.75 Å².